The molecule has 0 saturated carbocycles. The van der Waals surface area contributed by atoms with Crippen LogP contribution in [0.3, 0.4) is 0 Å². The van der Waals surface area contributed by atoms with E-state index in [1.54, 1.807) is 19.3 Å². The summed E-state index contributed by atoms with van der Waals surface area (Å²) in [6.07, 6.45) is 6.83. The van der Waals surface area contributed by atoms with E-state index >= 15 is 0 Å². The molecule has 1 heterocycles. The number of anilines is 1. The van der Waals surface area contributed by atoms with Crippen LogP contribution in [0, 0.1) is 11.3 Å². The lowest BCUT2D eigenvalue weighted by molar-refractivity contribution is -0.114. The third-order valence-corrected chi connectivity index (χ3v) is 3.84. The molecule has 0 saturated heterocycles. The van der Waals surface area contributed by atoms with Gasteiger partial charge in [0.25, 0.3) is 5.91 Å². The van der Waals surface area contributed by atoms with Gasteiger partial charge in [-0.2, -0.15) is 5.26 Å². The van der Waals surface area contributed by atoms with Gasteiger partial charge in [-0.1, -0.05) is 36.4 Å². The number of carbonyl (C=O) groups is 1. The van der Waals surface area contributed by atoms with Gasteiger partial charge >= 0.3 is 0 Å². The first kappa shape index (κ1) is 15.6. The first-order valence-electron chi connectivity index (χ1n) is 7.55. The smallest absolute Gasteiger partial charge is 0.252 e. The third-order valence-electron chi connectivity index (χ3n) is 3.84. The minimum Gasteiger partial charge on any atom is -0.497 e. The molecule has 0 aliphatic carbocycles. The summed E-state index contributed by atoms with van der Waals surface area (Å²) in [6.45, 7) is 0. The Hall–Kier alpha value is -3.32. The average Bonchev–Trinajstić information content (AvgIpc) is 2.65. The van der Waals surface area contributed by atoms with Crippen LogP contribution in [0.25, 0.3) is 12.2 Å². The topological polar surface area (TPSA) is 53.3 Å². The van der Waals surface area contributed by atoms with Gasteiger partial charge in [-0.05, 0) is 41.5 Å². The summed E-state index contributed by atoms with van der Waals surface area (Å²) in [5.74, 6) is 0.535. The summed E-state index contributed by atoms with van der Waals surface area (Å²) >= 11 is 0. The SMILES string of the molecule is COc1ccc(/C=C/C(=O)N2c3ccccc3C=CC2C#N)cc1. The molecule has 118 valence electrons. The lowest BCUT2D eigenvalue weighted by Gasteiger charge is -2.29. The number of methoxy groups -OCH3 is 1. The Morgan fingerprint density at radius 2 is 1.96 bits per heavy atom. The Morgan fingerprint density at radius 1 is 1.21 bits per heavy atom. The van der Waals surface area contributed by atoms with Crippen molar-refractivity contribution in [3.63, 3.8) is 0 Å². The summed E-state index contributed by atoms with van der Waals surface area (Å²) in [4.78, 5) is 14.2. The average molecular weight is 316 g/mol. The molecule has 1 atom stereocenters. The summed E-state index contributed by atoms with van der Waals surface area (Å²) in [6, 6.07) is 16.5. The maximum atomic E-state index is 12.7. The van der Waals surface area contributed by atoms with E-state index in [4.69, 9.17) is 4.74 Å². The van der Waals surface area contributed by atoms with E-state index in [1.165, 1.54) is 11.0 Å². The van der Waals surface area contributed by atoms with Gasteiger partial charge in [-0.25, -0.2) is 0 Å². The van der Waals surface area contributed by atoms with Crippen LogP contribution in [0.15, 0.2) is 60.7 Å². The molecule has 1 amide bonds. The molecule has 1 unspecified atom stereocenters. The van der Waals surface area contributed by atoms with Crippen molar-refractivity contribution in [1.82, 2.24) is 0 Å². The second kappa shape index (κ2) is 6.84. The van der Waals surface area contributed by atoms with Crippen LogP contribution in [0.1, 0.15) is 11.1 Å². The summed E-state index contributed by atoms with van der Waals surface area (Å²) in [5.41, 5.74) is 2.56. The van der Waals surface area contributed by atoms with Gasteiger partial charge in [0.05, 0.1) is 18.9 Å². The van der Waals surface area contributed by atoms with Crippen molar-refractivity contribution in [1.29, 1.82) is 5.26 Å². The molecule has 2 aromatic carbocycles. The molecule has 0 radical (unpaired) electrons. The lowest BCUT2D eigenvalue weighted by atomic mass is 10.0. The molecule has 1 aliphatic heterocycles. The largest absolute Gasteiger partial charge is 0.497 e. The highest BCUT2D eigenvalue weighted by atomic mass is 16.5. The van der Waals surface area contributed by atoms with Gasteiger partial charge in [-0.15, -0.1) is 0 Å². The fourth-order valence-corrected chi connectivity index (χ4v) is 2.60. The number of rotatable bonds is 3. The number of hydrogen-bond donors (Lipinski definition) is 0. The van der Waals surface area contributed by atoms with E-state index in [2.05, 4.69) is 6.07 Å². The number of nitrogens with zero attached hydrogens (tertiary/aromatic N) is 2. The first-order chi connectivity index (χ1) is 11.7. The number of ether oxygens (including phenoxy) is 1. The number of benzene rings is 2. The molecule has 2 aromatic rings. The number of hydrogen-bond acceptors (Lipinski definition) is 3. The molecule has 4 nitrogen and oxygen atoms in total. The van der Waals surface area contributed by atoms with Crippen molar-refractivity contribution in [2.75, 3.05) is 12.0 Å². The van der Waals surface area contributed by atoms with Crippen LogP contribution in [0.2, 0.25) is 0 Å². The maximum Gasteiger partial charge on any atom is 0.252 e. The predicted molar refractivity (Wildman–Crippen MR) is 94.4 cm³/mol. The van der Waals surface area contributed by atoms with E-state index in [1.807, 2.05) is 54.6 Å². The van der Waals surface area contributed by atoms with Gasteiger partial charge < -0.3 is 4.74 Å². The molecular weight excluding hydrogens is 300 g/mol. The summed E-state index contributed by atoms with van der Waals surface area (Å²) in [5, 5.41) is 9.35. The maximum absolute atomic E-state index is 12.7. The molecule has 0 aromatic heterocycles. The van der Waals surface area contributed by atoms with Crippen LogP contribution >= 0.6 is 0 Å². The summed E-state index contributed by atoms with van der Waals surface area (Å²) in [7, 11) is 1.61. The molecule has 0 fully saturated rings. The third kappa shape index (κ3) is 3.06. The van der Waals surface area contributed by atoms with Crippen LogP contribution in [0.5, 0.6) is 5.75 Å². The van der Waals surface area contributed by atoms with Crippen molar-refractivity contribution < 1.29 is 9.53 Å². The Balaban J connectivity index is 1.86. The number of nitriles is 1. The van der Waals surface area contributed by atoms with Crippen molar-refractivity contribution in [2.24, 2.45) is 0 Å². The highest BCUT2D eigenvalue weighted by molar-refractivity contribution is 6.06. The normalized spacial score (nSPS) is 15.8. The van der Waals surface area contributed by atoms with Gasteiger partial charge in [0.2, 0.25) is 0 Å². The van der Waals surface area contributed by atoms with Crippen LogP contribution in [0.4, 0.5) is 5.69 Å². The second-order valence-corrected chi connectivity index (χ2v) is 5.31. The van der Waals surface area contributed by atoms with E-state index in [-0.39, 0.29) is 5.91 Å². The molecule has 0 N–H and O–H groups in total. The molecular formula is C20H16N2O2. The Labute approximate surface area is 140 Å². The van der Waals surface area contributed by atoms with Gasteiger partial charge in [0.15, 0.2) is 0 Å². The number of para-hydroxylation sites is 1. The molecule has 0 spiro atoms. The molecule has 0 bridgehead atoms. The Bertz CT molecular complexity index is 845. The van der Waals surface area contributed by atoms with Gasteiger partial charge in [0, 0.05) is 6.08 Å². The first-order valence-corrected chi connectivity index (χ1v) is 7.55. The predicted octanol–water partition coefficient (Wildman–Crippen LogP) is 3.66. The van der Waals surface area contributed by atoms with Crippen molar-refractivity contribution in [2.45, 2.75) is 6.04 Å². The van der Waals surface area contributed by atoms with Crippen LogP contribution in [-0.2, 0) is 4.79 Å². The number of carbonyl (C=O) groups excluding carboxylic acids is 1. The highest BCUT2D eigenvalue weighted by Crippen LogP contribution is 2.29. The fraction of sp³-hybridized carbons (Fsp3) is 0.100. The minimum atomic E-state index is -0.604. The zero-order valence-corrected chi connectivity index (χ0v) is 13.2. The van der Waals surface area contributed by atoms with Crippen LogP contribution < -0.4 is 9.64 Å². The number of amides is 1. The fourth-order valence-electron chi connectivity index (χ4n) is 2.60. The monoisotopic (exact) mass is 316 g/mol. The number of fused-ring (bicyclic) bond motifs is 1. The van der Waals surface area contributed by atoms with Gasteiger partial charge in [0.1, 0.15) is 11.8 Å². The van der Waals surface area contributed by atoms with Crippen molar-refractivity contribution >= 4 is 23.7 Å². The zero-order chi connectivity index (χ0) is 16.9. The standard InChI is InChI=1S/C20H16N2O2/c1-24-18-11-6-15(7-12-18)8-13-20(23)22-17(14-21)10-9-16-4-2-3-5-19(16)22/h2-13,17H,1H3/b13-8+. The van der Waals surface area contributed by atoms with Crippen molar-refractivity contribution in [3.05, 3.63) is 71.8 Å². The zero-order valence-electron chi connectivity index (χ0n) is 13.2. The van der Waals surface area contributed by atoms with Crippen molar-refractivity contribution in [3.8, 4) is 11.8 Å². The van der Waals surface area contributed by atoms with E-state index in [0.29, 0.717) is 0 Å². The van der Waals surface area contributed by atoms with E-state index < -0.39 is 6.04 Å². The molecule has 1 aliphatic rings. The highest BCUT2D eigenvalue weighted by Gasteiger charge is 2.26. The minimum absolute atomic E-state index is 0.228. The lowest BCUT2D eigenvalue weighted by Crippen LogP contribution is -2.39. The molecule has 4 heteroatoms. The van der Waals surface area contributed by atoms with E-state index in [0.717, 1.165) is 22.6 Å². The van der Waals surface area contributed by atoms with E-state index in [9.17, 15) is 10.1 Å². The van der Waals surface area contributed by atoms with Crippen LogP contribution in [-0.4, -0.2) is 19.1 Å². The van der Waals surface area contributed by atoms with Gasteiger partial charge in [-0.3, -0.25) is 9.69 Å². The molecule has 24 heavy (non-hydrogen) atoms. The second-order valence-electron chi connectivity index (χ2n) is 5.31. The Morgan fingerprint density at radius 3 is 2.67 bits per heavy atom. The summed E-state index contributed by atoms with van der Waals surface area (Å²) < 4.78 is 5.11. The molecule has 3 rings (SSSR count). The Kier molecular flexibility index (Phi) is 4.44. The quantitative estimate of drug-likeness (QED) is 0.812.